The van der Waals surface area contributed by atoms with E-state index in [2.05, 4.69) is 10.3 Å². The van der Waals surface area contributed by atoms with Gasteiger partial charge in [-0.1, -0.05) is 0 Å². The molecule has 3 aromatic rings. The van der Waals surface area contributed by atoms with Crippen LogP contribution in [0.25, 0.3) is 10.9 Å². The highest BCUT2D eigenvalue weighted by Crippen LogP contribution is 2.63. The van der Waals surface area contributed by atoms with E-state index in [0.717, 1.165) is 54.4 Å². The molecule has 2 aliphatic carbocycles. The SMILES string of the molecule is COCCOc1ccc(NC(=O)C2CC23CCC(c2ccnc4cc(C)c(F)cc24)CC3)cc1. The fraction of sp³-hybridized carbons (Fsp3) is 0.429. The van der Waals surface area contributed by atoms with E-state index in [0.29, 0.717) is 24.7 Å². The number of aryl methyl sites for hydroxylation is 1. The van der Waals surface area contributed by atoms with Crippen LogP contribution < -0.4 is 10.1 Å². The second kappa shape index (κ2) is 9.34. The van der Waals surface area contributed by atoms with Gasteiger partial charge in [-0.05, 0) is 104 Å². The molecule has 0 saturated heterocycles. The fourth-order valence-corrected chi connectivity index (χ4v) is 5.53. The number of carbonyl (C=O) groups is 1. The smallest absolute Gasteiger partial charge is 0.228 e. The number of pyridine rings is 1. The van der Waals surface area contributed by atoms with Gasteiger partial charge in [0.1, 0.15) is 18.2 Å². The fourth-order valence-electron chi connectivity index (χ4n) is 5.53. The van der Waals surface area contributed by atoms with Crippen molar-refractivity contribution in [1.29, 1.82) is 0 Å². The zero-order chi connectivity index (χ0) is 23.7. The third-order valence-corrected chi connectivity index (χ3v) is 7.66. The summed E-state index contributed by atoms with van der Waals surface area (Å²) in [5.74, 6) is 1.14. The average Bonchev–Trinajstić information content (AvgIpc) is 3.55. The monoisotopic (exact) mass is 462 g/mol. The van der Waals surface area contributed by atoms with Gasteiger partial charge in [0, 0.05) is 30.3 Å². The molecule has 5 rings (SSSR count). The van der Waals surface area contributed by atoms with E-state index in [1.807, 2.05) is 42.6 Å². The van der Waals surface area contributed by atoms with Gasteiger partial charge in [0.25, 0.3) is 0 Å². The predicted octanol–water partition coefficient (Wildman–Crippen LogP) is 6.01. The third kappa shape index (κ3) is 4.51. The summed E-state index contributed by atoms with van der Waals surface area (Å²) in [6.45, 7) is 2.81. The van der Waals surface area contributed by atoms with Gasteiger partial charge in [-0.2, -0.15) is 0 Å². The number of fused-ring (bicyclic) bond motifs is 1. The average molecular weight is 463 g/mol. The molecule has 0 radical (unpaired) electrons. The maximum absolute atomic E-state index is 14.3. The van der Waals surface area contributed by atoms with Crippen molar-refractivity contribution >= 4 is 22.5 Å². The number of hydrogen-bond donors (Lipinski definition) is 1. The Hall–Kier alpha value is -2.99. The molecule has 5 nitrogen and oxygen atoms in total. The molecule has 1 spiro atoms. The molecule has 2 saturated carbocycles. The van der Waals surface area contributed by atoms with Gasteiger partial charge in [0.05, 0.1) is 12.1 Å². The molecule has 178 valence electrons. The van der Waals surface area contributed by atoms with Gasteiger partial charge >= 0.3 is 0 Å². The molecule has 34 heavy (non-hydrogen) atoms. The van der Waals surface area contributed by atoms with Crippen molar-refractivity contribution < 1.29 is 18.7 Å². The van der Waals surface area contributed by atoms with Crippen LogP contribution in [0.4, 0.5) is 10.1 Å². The highest BCUT2D eigenvalue weighted by molar-refractivity contribution is 5.95. The number of ether oxygens (including phenoxy) is 2. The van der Waals surface area contributed by atoms with Crippen LogP contribution in [0.1, 0.15) is 49.1 Å². The van der Waals surface area contributed by atoms with E-state index in [1.54, 1.807) is 20.1 Å². The summed E-state index contributed by atoms with van der Waals surface area (Å²) >= 11 is 0. The van der Waals surface area contributed by atoms with Crippen LogP contribution in [0.3, 0.4) is 0 Å². The Morgan fingerprint density at radius 2 is 1.91 bits per heavy atom. The number of methoxy groups -OCH3 is 1. The molecule has 1 unspecified atom stereocenters. The number of halogens is 1. The summed E-state index contributed by atoms with van der Waals surface area (Å²) in [4.78, 5) is 17.4. The molecular weight excluding hydrogens is 431 g/mol. The number of nitrogens with zero attached hydrogens (tertiary/aromatic N) is 1. The Labute approximate surface area is 199 Å². The first-order chi connectivity index (χ1) is 16.5. The van der Waals surface area contributed by atoms with Gasteiger partial charge in [0.2, 0.25) is 5.91 Å². The topological polar surface area (TPSA) is 60.5 Å². The summed E-state index contributed by atoms with van der Waals surface area (Å²) in [5.41, 5.74) is 3.58. The van der Waals surface area contributed by atoms with E-state index in [-0.39, 0.29) is 23.1 Å². The predicted molar refractivity (Wildman–Crippen MR) is 131 cm³/mol. The first kappa shape index (κ1) is 22.8. The zero-order valence-corrected chi connectivity index (χ0v) is 19.8. The highest BCUT2D eigenvalue weighted by atomic mass is 19.1. The quantitative estimate of drug-likeness (QED) is 0.437. The normalized spacial score (nSPS) is 23.7. The van der Waals surface area contributed by atoms with Crippen molar-refractivity contribution in [1.82, 2.24) is 4.98 Å². The molecule has 6 heteroatoms. The summed E-state index contributed by atoms with van der Waals surface area (Å²) in [7, 11) is 1.64. The molecule has 2 aromatic carbocycles. The van der Waals surface area contributed by atoms with Gasteiger partial charge < -0.3 is 14.8 Å². The van der Waals surface area contributed by atoms with Crippen LogP contribution in [0.2, 0.25) is 0 Å². The largest absolute Gasteiger partial charge is 0.491 e. The lowest BCUT2D eigenvalue weighted by Gasteiger charge is -2.30. The van der Waals surface area contributed by atoms with Gasteiger partial charge in [-0.3, -0.25) is 9.78 Å². The van der Waals surface area contributed by atoms with Crippen LogP contribution in [0.15, 0.2) is 48.7 Å². The standard InChI is InChI=1S/C28H31FN2O3/c1-18-15-26-23(16-25(18)29)22(9-12-30-26)19-7-10-28(11-8-19)17-24(28)27(32)31-20-3-5-21(6-4-20)34-14-13-33-2/h3-6,9,12,15-16,19,24H,7-8,10-11,13-14,17H2,1-2H3,(H,31,32). The number of benzene rings is 2. The second-order valence-corrected chi connectivity index (χ2v) is 9.77. The van der Waals surface area contributed by atoms with Crippen LogP contribution in [-0.4, -0.2) is 31.2 Å². The van der Waals surface area contributed by atoms with E-state index in [4.69, 9.17) is 9.47 Å². The minimum Gasteiger partial charge on any atom is -0.491 e. The van der Waals surface area contributed by atoms with Crippen molar-refractivity contribution in [2.75, 3.05) is 25.6 Å². The van der Waals surface area contributed by atoms with Crippen molar-refractivity contribution in [3.05, 3.63) is 65.6 Å². The highest BCUT2D eigenvalue weighted by Gasteiger charge is 2.58. The minimum atomic E-state index is -0.178. The van der Waals surface area contributed by atoms with Crippen molar-refractivity contribution in [3.8, 4) is 5.75 Å². The summed E-state index contributed by atoms with van der Waals surface area (Å²) < 4.78 is 24.8. The number of rotatable bonds is 7. The van der Waals surface area contributed by atoms with Crippen LogP contribution in [0, 0.1) is 24.1 Å². The maximum Gasteiger partial charge on any atom is 0.228 e. The Morgan fingerprint density at radius 1 is 1.15 bits per heavy atom. The Kier molecular flexibility index (Phi) is 6.26. The number of amides is 1. The third-order valence-electron chi connectivity index (χ3n) is 7.66. The van der Waals surface area contributed by atoms with E-state index in [9.17, 15) is 9.18 Å². The molecule has 1 atom stereocenters. The molecular formula is C28H31FN2O3. The lowest BCUT2D eigenvalue weighted by molar-refractivity contribution is -0.118. The number of anilines is 1. The van der Waals surface area contributed by atoms with Crippen LogP contribution in [0.5, 0.6) is 5.75 Å². The van der Waals surface area contributed by atoms with E-state index < -0.39 is 0 Å². The molecule has 2 fully saturated rings. The molecule has 0 aliphatic heterocycles. The van der Waals surface area contributed by atoms with Crippen LogP contribution in [-0.2, 0) is 9.53 Å². The summed E-state index contributed by atoms with van der Waals surface area (Å²) in [6.07, 6.45) is 6.88. The maximum atomic E-state index is 14.3. The van der Waals surface area contributed by atoms with Gasteiger partial charge in [-0.15, -0.1) is 0 Å². The minimum absolute atomic E-state index is 0.0698. The van der Waals surface area contributed by atoms with Crippen molar-refractivity contribution in [2.45, 2.75) is 44.9 Å². The molecule has 1 heterocycles. The number of nitrogens with one attached hydrogen (secondary N) is 1. The number of aromatic nitrogens is 1. The van der Waals surface area contributed by atoms with Crippen LogP contribution >= 0.6 is 0 Å². The Balaban J connectivity index is 1.19. The van der Waals surface area contributed by atoms with Crippen molar-refractivity contribution in [3.63, 3.8) is 0 Å². The summed E-state index contributed by atoms with van der Waals surface area (Å²) in [5, 5.41) is 4.00. The molecule has 1 N–H and O–H groups in total. The second-order valence-electron chi connectivity index (χ2n) is 9.77. The molecule has 1 amide bonds. The van der Waals surface area contributed by atoms with E-state index >= 15 is 0 Å². The van der Waals surface area contributed by atoms with Crippen molar-refractivity contribution in [2.24, 2.45) is 11.3 Å². The number of hydrogen-bond acceptors (Lipinski definition) is 4. The lowest BCUT2D eigenvalue weighted by Crippen LogP contribution is -2.22. The summed E-state index contributed by atoms with van der Waals surface area (Å²) in [6, 6.07) is 13.0. The van der Waals surface area contributed by atoms with Gasteiger partial charge in [-0.25, -0.2) is 4.39 Å². The Bertz CT molecular complexity index is 1190. The zero-order valence-electron chi connectivity index (χ0n) is 19.8. The first-order valence-electron chi connectivity index (χ1n) is 12.1. The van der Waals surface area contributed by atoms with Gasteiger partial charge in [0.15, 0.2) is 0 Å². The lowest BCUT2D eigenvalue weighted by atomic mass is 9.75. The first-order valence-corrected chi connectivity index (χ1v) is 12.1. The molecule has 2 aliphatic rings. The number of carbonyl (C=O) groups excluding carboxylic acids is 1. The molecule has 1 aromatic heterocycles. The van der Waals surface area contributed by atoms with E-state index in [1.165, 1.54) is 5.56 Å². The Morgan fingerprint density at radius 3 is 2.65 bits per heavy atom. The molecule has 0 bridgehead atoms.